The van der Waals surface area contributed by atoms with E-state index in [4.69, 9.17) is 4.52 Å². The Bertz CT molecular complexity index is 814. The molecule has 1 aromatic carbocycles. The van der Waals surface area contributed by atoms with Gasteiger partial charge in [-0.25, -0.2) is 0 Å². The maximum Gasteiger partial charge on any atom is 0.316 e. The zero-order valence-electron chi connectivity index (χ0n) is 12.0. The summed E-state index contributed by atoms with van der Waals surface area (Å²) in [5.74, 6) is 0.170. The van der Waals surface area contributed by atoms with Crippen LogP contribution in [0, 0.1) is 0 Å². The molecule has 0 bridgehead atoms. The molecule has 0 unspecified atom stereocenters. The molecule has 3 aromatic rings. The van der Waals surface area contributed by atoms with Crippen LogP contribution in [0.15, 0.2) is 35.0 Å². The van der Waals surface area contributed by atoms with Crippen molar-refractivity contribution in [3.63, 3.8) is 0 Å². The second-order valence-electron chi connectivity index (χ2n) is 5.62. The van der Waals surface area contributed by atoms with Crippen LogP contribution in [0.3, 0.4) is 0 Å². The second-order valence-corrected chi connectivity index (χ2v) is 5.62. The molecule has 1 saturated carbocycles. The molecule has 112 valence electrons. The van der Waals surface area contributed by atoms with Crippen molar-refractivity contribution in [3.05, 3.63) is 36.4 Å². The Hall–Kier alpha value is -2.63. The summed E-state index contributed by atoms with van der Waals surface area (Å²) in [5.41, 5.74) is 1.85. The van der Waals surface area contributed by atoms with Crippen LogP contribution in [0.2, 0.25) is 0 Å². The summed E-state index contributed by atoms with van der Waals surface area (Å²) in [7, 11) is 0. The van der Waals surface area contributed by atoms with E-state index >= 15 is 0 Å². The summed E-state index contributed by atoms with van der Waals surface area (Å²) in [4.78, 5) is 19.5. The largest absolute Gasteiger partial charge is 0.361 e. The first-order valence-corrected chi connectivity index (χ1v) is 7.52. The predicted octanol–water partition coefficient (Wildman–Crippen LogP) is 2.89. The van der Waals surface area contributed by atoms with Gasteiger partial charge in [0.1, 0.15) is 0 Å². The van der Waals surface area contributed by atoms with Gasteiger partial charge in [0.05, 0.1) is 0 Å². The zero-order chi connectivity index (χ0) is 14.9. The van der Waals surface area contributed by atoms with Gasteiger partial charge in [-0.2, -0.15) is 4.98 Å². The Labute approximate surface area is 126 Å². The average molecular weight is 296 g/mol. The van der Waals surface area contributed by atoms with Crippen LogP contribution < -0.4 is 5.32 Å². The van der Waals surface area contributed by atoms with E-state index in [1.807, 2.05) is 30.5 Å². The van der Waals surface area contributed by atoms with Crippen LogP contribution in [-0.4, -0.2) is 27.1 Å². The molecular formula is C16H16N4O2. The minimum Gasteiger partial charge on any atom is -0.361 e. The van der Waals surface area contributed by atoms with Crippen LogP contribution in [0.5, 0.6) is 0 Å². The third kappa shape index (κ3) is 2.26. The third-order valence-corrected chi connectivity index (χ3v) is 4.15. The normalized spacial score (nSPS) is 15.5. The topological polar surface area (TPSA) is 83.8 Å². The average Bonchev–Trinajstić information content (AvgIpc) is 3.27. The molecule has 1 amide bonds. The minimum absolute atomic E-state index is 0.0226. The van der Waals surface area contributed by atoms with Gasteiger partial charge in [0.25, 0.3) is 0 Å². The van der Waals surface area contributed by atoms with Gasteiger partial charge in [0.2, 0.25) is 5.82 Å². The van der Waals surface area contributed by atoms with Crippen molar-refractivity contribution in [2.75, 3.05) is 0 Å². The monoisotopic (exact) mass is 296 g/mol. The van der Waals surface area contributed by atoms with E-state index < -0.39 is 0 Å². The standard InChI is InChI=1S/C16H16N4O2/c21-15(18-10-4-1-2-5-10)16-19-14(20-22-16)12-6-3-7-13-11(12)8-9-17-13/h3,6-10,17H,1-2,4-5H2,(H,18,21). The molecule has 1 fully saturated rings. The number of aromatic nitrogens is 3. The van der Waals surface area contributed by atoms with Gasteiger partial charge in [-0.15, -0.1) is 0 Å². The van der Waals surface area contributed by atoms with Crippen molar-refractivity contribution in [2.45, 2.75) is 31.7 Å². The molecular weight excluding hydrogens is 280 g/mol. The van der Waals surface area contributed by atoms with E-state index in [1.54, 1.807) is 0 Å². The van der Waals surface area contributed by atoms with Crippen molar-refractivity contribution in [1.29, 1.82) is 0 Å². The van der Waals surface area contributed by atoms with Crippen LogP contribution in [0.4, 0.5) is 0 Å². The summed E-state index contributed by atoms with van der Waals surface area (Å²) in [6, 6.07) is 8.00. The van der Waals surface area contributed by atoms with Crippen LogP contribution in [0.1, 0.15) is 36.4 Å². The SMILES string of the molecule is O=C(NC1CCCC1)c1nc(-c2cccc3[nH]ccc23)no1. The van der Waals surface area contributed by atoms with Crippen LogP contribution in [-0.2, 0) is 0 Å². The minimum atomic E-state index is -0.285. The number of nitrogens with zero attached hydrogens (tertiary/aromatic N) is 2. The first kappa shape index (κ1) is 13.1. The number of rotatable bonds is 3. The van der Waals surface area contributed by atoms with E-state index in [-0.39, 0.29) is 17.8 Å². The molecule has 0 spiro atoms. The fourth-order valence-electron chi connectivity index (χ4n) is 3.02. The molecule has 0 aliphatic heterocycles. The van der Waals surface area contributed by atoms with Crippen molar-refractivity contribution < 1.29 is 9.32 Å². The fraction of sp³-hybridized carbons (Fsp3) is 0.312. The number of amides is 1. The Balaban J connectivity index is 1.61. The molecule has 2 aromatic heterocycles. The third-order valence-electron chi connectivity index (χ3n) is 4.15. The number of H-pyrrole nitrogens is 1. The maximum atomic E-state index is 12.1. The molecule has 1 aliphatic carbocycles. The highest BCUT2D eigenvalue weighted by atomic mass is 16.5. The lowest BCUT2D eigenvalue weighted by Gasteiger charge is -2.08. The maximum absolute atomic E-state index is 12.1. The summed E-state index contributed by atoms with van der Waals surface area (Å²) in [6.45, 7) is 0. The number of hydrogen-bond acceptors (Lipinski definition) is 4. The molecule has 0 radical (unpaired) electrons. The first-order valence-electron chi connectivity index (χ1n) is 7.52. The van der Waals surface area contributed by atoms with Gasteiger partial charge in [0.15, 0.2) is 0 Å². The van der Waals surface area contributed by atoms with Crippen molar-refractivity contribution in [3.8, 4) is 11.4 Å². The van der Waals surface area contributed by atoms with Gasteiger partial charge in [0, 0.05) is 28.7 Å². The van der Waals surface area contributed by atoms with Gasteiger partial charge in [-0.05, 0) is 25.0 Å². The van der Waals surface area contributed by atoms with Crippen LogP contribution in [0.25, 0.3) is 22.3 Å². The Morgan fingerprint density at radius 2 is 2.14 bits per heavy atom. The molecule has 0 atom stereocenters. The Morgan fingerprint density at radius 1 is 1.27 bits per heavy atom. The highest BCUT2D eigenvalue weighted by Gasteiger charge is 2.22. The zero-order valence-corrected chi connectivity index (χ0v) is 12.0. The van der Waals surface area contributed by atoms with Crippen molar-refractivity contribution in [1.82, 2.24) is 20.4 Å². The van der Waals surface area contributed by atoms with E-state index in [9.17, 15) is 4.79 Å². The number of aromatic amines is 1. The fourth-order valence-corrected chi connectivity index (χ4v) is 3.02. The molecule has 1 aliphatic rings. The Kier molecular flexibility index (Phi) is 3.14. The summed E-state index contributed by atoms with van der Waals surface area (Å²) < 4.78 is 5.13. The van der Waals surface area contributed by atoms with Crippen molar-refractivity contribution >= 4 is 16.8 Å². The lowest BCUT2D eigenvalue weighted by Crippen LogP contribution is -2.32. The quantitative estimate of drug-likeness (QED) is 0.778. The summed E-state index contributed by atoms with van der Waals surface area (Å²) in [6.07, 6.45) is 6.23. The summed E-state index contributed by atoms with van der Waals surface area (Å²) in [5, 5.41) is 7.91. The lowest BCUT2D eigenvalue weighted by atomic mass is 10.1. The smallest absolute Gasteiger partial charge is 0.316 e. The molecule has 22 heavy (non-hydrogen) atoms. The van der Waals surface area contributed by atoms with Crippen molar-refractivity contribution in [2.24, 2.45) is 0 Å². The van der Waals surface area contributed by atoms with E-state index in [0.717, 1.165) is 42.1 Å². The molecule has 2 N–H and O–H groups in total. The highest BCUT2D eigenvalue weighted by Crippen LogP contribution is 2.26. The number of hydrogen-bond donors (Lipinski definition) is 2. The molecule has 6 heteroatoms. The Morgan fingerprint density at radius 3 is 3.00 bits per heavy atom. The molecule has 6 nitrogen and oxygen atoms in total. The summed E-state index contributed by atoms with van der Waals surface area (Å²) >= 11 is 0. The van der Waals surface area contributed by atoms with Gasteiger partial charge < -0.3 is 14.8 Å². The van der Waals surface area contributed by atoms with Gasteiger partial charge in [-0.3, -0.25) is 4.79 Å². The first-order chi connectivity index (χ1) is 10.8. The molecule has 2 heterocycles. The lowest BCUT2D eigenvalue weighted by molar-refractivity contribution is 0.0893. The number of carbonyl (C=O) groups is 1. The van der Waals surface area contributed by atoms with E-state index in [1.165, 1.54) is 0 Å². The van der Waals surface area contributed by atoms with Crippen LogP contribution >= 0.6 is 0 Å². The van der Waals surface area contributed by atoms with E-state index in [2.05, 4.69) is 20.4 Å². The van der Waals surface area contributed by atoms with Gasteiger partial charge >= 0.3 is 11.8 Å². The predicted molar refractivity (Wildman–Crippen MR) is 81.3 cm³/mol. The highest BCUT2D eigenvalue weighted by molar-refractivity contribution is 5.94. The number of nitrogens with one attached hydrogen (secondary N) is 2. The second kappa shape index (κ2) is 5.29. The van der Waals surface area contributed by atoms with E-state index in [0.29, 0.717) is 5.82 Å². The van der Waals surface area contributed by atoms with Gasteiger partial charge in [-0.1, -0.05) is 30.1 Å². The number of benzene rings is 1. The number of carbonyl (C=O) groups excluding carboxylic acids is 1. The molecule has 4 rings (SSSR count). The number of fused-ring (bicyclic) bond motifs is 1. The molecule has 0 saturated heterocycles.